The molecule has 2 amide bonds. The first kappa shape index (κ1) is 19.8. The molecule has 0 atom stereocenters. The maximum atomic E-state index is 13.6. The second-order valence-corrected chi connectivity index (χ2v) is 6.90. The van der Waals surface area contributed by atoms with Crippen LogP contribution in [0.4, 0.5) is 10.1 Å². The zero-order valence-electron chi connectivity index (χ0n) is 15.5. The molecule has 1 aliphatic rings. The molecule has 28 heavy (non-hydrogen) atoms. The molecule has 2 aromatic rings. The summed E-state index contributed by atoms with van der Waals surface area (Å²) >= 11 is 0. The minimum Gasteiger partial charge on any atom is -0.483 e. The van der Waals surface area contributed by atoms with Gasteiger partial charge in [0.05, 0.1) is 11.3 Å². The Bertz CT molecular complexity index is 835. The summed E-state index contributed by atoms with van der Waals surface area (Å²) in [6.07, 6.45) is 3.47. The van der Waals surface area contributed by atoms with Gasteiger partial charge in [-0.05, 0) is 49.9 Å². The molecule has 148 valence electrons. The van der Waals surface area contributed by atoms with Crippen molar-refractivity contribution in [1.29, 1.82) is 0 Å². The highest BCUT2D eigenvalue weighted by Crippen LogP contribution is 2.21. The molecule has 0 aliphatic heterocycles. The predicted octanol–water partition coefficient (Wildman–Crippen LogP) is 2.84. The van der Waals surface area contributed by atoms with Gasteiger partial charge in [-0.15, -0.1) is 0 Å². The van der Waals surface area contributed by atoms with Gasteiger partial charge >= 0.3 is 0 Å². The molecule has 6 nitrogen and oxygen atoms in total. The fourth-order valence-electron chi connectivity index (χ4n) is 3.20. The third-order valence-corrected chi connectivity index (χ3v) is 4.75. The molecular formula is C21H24FN3O3. The number of benzene rings is 2. The van der Waals surface area contributed by atoms with Crippen LogP contribution < -0.4 is 21.1 Å². The standard InChI is InChI=1S/C21H24FN3O3/c22-17-6-2-3-7-18(17)25-20(26)13-28-19-8-4-1-5-16(19)21(27)24-15-11-9-14(23)10-12-15/h1-8,14-15H,9-13,23H2,(H,24,27)(H,25,26). The number of para-hydroxylation sites is 2. The van der Waals surface area contributed by atoms with Crippen LogP contribution in [0, 0.1) is 5.82 Å². The van der Waals surface area contributed by atoms with E-state index in [4.69, 9.17) is 10.5 Å². The average Bonchev–Trinajstić information content (AvgIpc) is 2.70. The Morgan fingerprint density at radius 1 is 1.04 bits per heavy atom. The van der Waals surface area contributed by atoms with Gasteiger partial charge in [-0.2, -0.15) is 0 Å². The van der Waals surface area contributed by atoms with Crippen molar-refractivity contribution >= 4 is 17.5 Å². The number of anilines is 1. The molecule has 3 rings (SSSR count). The van der Waals surface area contributed by atoms with Gasteiger partial charge in [-0.3, -0.25) is 9.59 Å². The summed E-state index contributed by atoms with van der Waals surface area (Å²) < 4.78 is 19.1. The van der Waals surface area contributed by atoms with E-state index in [1.807, 2.05) is 0 Å². The van der Waals surface area contributed by atoms with Gasteiger partial charge in [0.25, 0.3) is 11.8 Å². The van der Waals surface area contributed by atoms with Crippen molar-refractivity contribution in [1.82, 2.24) is 5.32 Å². The average molecular weight is 385 g/mol. The van der Waals surface area contributed by atoms with Crippen LogP contribution in [0.3, 0.4) is 0 Å². The van der Waals surface area contributed by atoms with E-state index in [2.05, 4.69) is 10.6 Å². The van der Waals surface area contributed by atoms with Crippen molar-refractivity contribution in [3.8, 4) is 5.75 Å². The fraction of sp³-hybridized carbons (Fsp3) is 0.333. The molecule has 7 heteroatoms. The van der Waals surface area contributed by atoms with Gasteiger partial charge in [-0.25, -0.2) is 4.39 Å². The van der Waals surface area contributed by atoms with Crippen molar-refractivity contribution in [3.63, 3.8) is 0 Å². The first-order valence-corrected chi connectivity index (χ1v) is 9.35. The quantitative estimate of drug-likeness (QED) is 0.713. The predicted molar refractivity (Wildman–Crippen MR) is 105 cm³/mol. The summed E-state index contributed by atoms with van der Waals surface area (Å²) in [5.41, 5.74) is 6.34. The Morgan fingerprint density at radius 2 is 1.71 bits per heavy atom. The third-order valence-electron chi connectivity index (χ3n) is 4.75. The minimum absolute atomic E-state index is 0.0811. The second-order valence-electron chi connectivity index (χ2n) is 6.90. The van der Waals surface area contributed by atoms with Crippen LogP contribution in [0.5, 0.6) is 5.75 Å². The first-order valence-electron chi connectivity index (χ1n) is 9.35. The van der Waals surface area contributed by atoms with Crippen LogP contribution in [-0.2, 0) is 4.79 Å². The maximum Gasteiger partial charge on any atom is 0.262 e. The van der Waals surface area contributed by atoms with Crippen LogP contribution in [0.15, 0.2) is 48.5 Å². The smallest absolute Gasteiger partial charge is 0.262 e. The van der Waals surface area contributed by atoms with Crippen LogP contribution in [0.25, 0.3) is 0 Å². The normalized spacial score (nSPS) is 18.9. The van der Waals surface area contributed by atoms with E-state index in [0.717, 1.165) is 25.7 Å². The molecule has 1 saturated carbocycles. The zero-order valence-corrected chi connectivity index (χ0v) is 15.5. The highest BCUT2D eigenvalue weighted by Gasteiger charge is 2.22. The number of amides is 2. The van der Waals surface area contributed by atoms with E-state index in [9.17, 15) is 14.0 Å². The lowest BCUT2D eigenvalue weighted by Crippen LogP contribution is -2.40. The molecule has 0 spiro atoms. The summed E-state index contributed by atoms with van der Waals surface area (Å²) in [7, 11) is 0. The summed E-state index contributed by atoms with van der Waals surface area (Å²) in [6.45, 7) is -0.336. The Balaban J connectivity index is 1.58. The first-order chi connectivity index (χ1) is 13.5. The Morgan fingerprint density at radius 3 is 2.46 bits per heavy atom. The van der Waals surface area contributed by atoms with Crippen molar-refractivity contribution < 1.29 is 18.7 Å². The van der Waals surface area contributed by atoms with Crippen LogP contribution in [-0.4, -0.2) is 30.5 Å². The minimum atomic E-state index is -0.525. The zero-order chi connectivity index (χ0) is 19.9. The second kappa shape index (κ2) is 9.32. The molecule has 0 aromatic heterocycles. The van der Waals surface area contributed by atoms with E-state index < -0.39 is 11.7 Å². The lowest BCUT2D eigenvalue weighted by molar-refractivity contribution is -0.118. The van der Waals surface area contributed by atoms with Gasteiger partial charge < -0.3 is 21.1 Å². The number of hydrogen-bond acceptors (Lipinski definition) is 4. The summed E-state index contributed by atoms with van der Waals surface area (Å²) in [4.78, 5) is 24.7. The monoisotopic (exact) mass is 385 g/mol. The topological polar surface area (TPSA) is 93.4 Å². The molecule has 4 N–H and O–H groups in total. The number of ether oxygens (including phenoxy) is 1. The van der Waals surface area contributed by atoms with E-state index in [-0.39, 0.29) is 30.3 Å². The van der Waals surface area contributed by atoms with Gasteiger partial charge in [0.15, 0.2) is 6.61 Å². The van der Waals surface area contributed by atoms with E-state index >= 15 is 0 Å². The fourth-order valence-corrected chi connectivity index (χ4v) is 3.20. The molecule has 0 bridgehead atoms. The van der Waals surface area contributed by atoms with Crippen molar-refractivity contribution in [2.75, 3.05) is 11.9 Å². The molecule has 0 heterocycles. The molecule has 1 aliphatic carbocycles. The largest absolute Gasteiger partial charge is 0.483 e. The molecule has 0 radical (unpaired) electrons. The van der Waals surface area contributed by atoms with Gasteiger partial charge in [0, 0.05) is 12.1 Å². The Labute approximate surface area is 163 Å². The van der Waals surface area contributed by atoms with Crippen molar-refractivity contribution in [2.45, 2.75) is 37.8 Å². The highest BCUT2D eigenvalue weighted by molar-refractivity contribution is 5.97. The molecule has 2 aromatic carbocycles. The lowest BCUT2D eigenvalue weighted by atomic mass is 9.91. The SMILES string of the molecule is NC1CCC(NC(=O)c2ccccc2OCC(=O)Nc2ccccc2F)CC1. The third kappa shape index (κ3) is 5.29. The summed E-state index contributed by atoms with van der Waals surface area (Å²) in [6, 6.07) is 12.9. The van der Waals surface area contributed by atoms with Crippen molar-refractivity contribution in [2.24, 2.45) is 5.73 Å². The van der Waals surface area contributed by atoms with Crippen molar-refractivity contribution in [3.05, 3.63) is 59.9 Å². The van der Waals surface area contributed by atoms with Crippen LogP contribution in [0.1, 0.15) is 36.0 Å². The van der Waals surface area contributed by atoms with E-state index in [0.29, 0.717) is 11.3 Å². The maximum absolute atomic E-state index is 13.6. The molecule has 0 saturated heterocycles. The number of nitrogens with two attached hydrogens (primary N) is 1. The Hall–Kier alpha value is -2.93. The molecular weight excluding hydrogens is 361 g/mol. The van der Waals surface area contributed by atoms with Crippen LogP contribution >= 0.6 is 0 Å². The van der Waals surface area contributed by atoms with Crippen LogP contribution in [0.2, 0.25) is 0 Å². The highest BCUT2D eigenvalue weighted by atomic mass is 19.1. The molecule has 0 unspecified atom stereocenters. The Kier molecular flexibility index (Phi) is 6.60. The summed E-state index contributed by atoms with van der Waals surface area (Å²) in [5.74, 6) is -0.980. The van der Waals surface area contributed by atoms with E-state index in [1.54, 1.807) is 30.3 Å². The number of carbonyl (C=O) groups is 2. The molecule has 1 fully saturated rings. The lowest BCUT2D eigenvalue weighted by Gasteiger charge is -2.27. The number of rotatable bonds is 6. The van der Waals surface area contributed by atoms with Gasteiger partial charge in [0.2, 0.25) is 0 Å². The van der Waals surface area contributed by atoms with Gasteiger partial charge in [0.1, 0.15) is 11.6 Å². The number of halogens is 1. The van der Waals surface area contributed by atoms with E-state index in [1.165, 1.54) is 18.2 Å². The number of carbonyl (C=O) groups excluding carboxylic acids is 2. The number of hydrogen-bond donors (Lipinski definition) is 3. The number of nitrogens with one attached hydrogen (secondary N) is 2. The van der Waals surface area contributed by atoms with Gasteiger partial charge in [-0.1, -0.05) is 24.3 Å². The summed E-state index contributed by atoms with van der Waals surface area (Å²) in [5, 5.41) is 5.45.